The van der Waals surface area contributed by atoms with Gasteiger partial charge in [-0.25, -0.2) is 8.42 Å². The number of methoxy groups -OCH3 is 1. The quantitative estimate of drug-likeness (QED) is 0.752. The summed E-state index contributed by atoms with van der Waals surface area (Å²) in [5.74, 6) is 1.56. The minimum Gasteiger partial charge on any atom is -0.497 e. The minimum absolute atomic E-state index is 0.00843. The lowest BCUT2D eigenvalue weighted by Crippen LogP contribution is -2.36. The molecule has 0 amide bonds. The molecule has 0 radical (unpaired) electrons. The van der Waals surface area contributed by atoms with Crippen molar-refractivity contribution in [2.75, 3.05) is 13.7 Å². The highest BCUT2D eigenvalue weighted by Gasteiger charge is 2.35. The van der Waals surface area contributed by atoms with Crippen LogP contribution in [0, 0.1) is 0 Å². The summed E-state index contributed by atoms with van der Waals surface area (Å²) < 4.78 is 34.7. The largest absolute Gasteiger partial charge is 0.497 e. The molecular formula is C17H24N4O3S. The van der Waals surface area contributed by atoms with Crippen LogP contribution in [0.25, 0.3) is 0 Å². The van der Waals surface area contributed by atoms with Crippen molar-refractivity contribution in [3.63, 3.8) is 0 Å². The molecule has 1 unspecified atom stereocenters. The zero-order chi connectivity index (χ0) is 17.9. The van der Waals surface area contributed by atoms with Crippen LogP contribution in [0.15, 0.2) is 35.5 Å². The Morgan fingerprint density at radius 1 is 1.28 bits per heavy atom. The van der Waals surface area contributed by atoms with Gasteiger partial charge in [-0.05, 0) is 50.5 Å². The number of ether oxygens (including phenoxy) is 1. The summed E-state index contributed by atoms with van der Waals surface area (Å²) in [5.41, 5.74) is 0. The third-order valence-corrected chi connectivity index (χ3v) is 6.69. The summed E-state index contributed by atoms with van der Waals surface area (Å²) in [6, 6.07) is 6.59. The number of benzene rings is 1. The van der Waals surface area contributed by atoms with Gasteiger partial charge >= 0.3 is 0 Å². The molecule has 1 fully saturated rings. The Hall–Kier alpha value is -1.93. The number of sulfonamides is 1. The van der Waals surface area contributed by atoms with Gasteiger partial charge in [-0.1, -0.05) is 0 Å². The van der Waals surface area contributed by atoms with Gasteiger partial charge in [0.2, 0.25) is 10.0 Å². The molecule has 136 valence electrons. The normalized spacial score (nSPS) is 18.6. The van der Waals surface area contributed by atoms with Gasteiger partial charge in [0, 0.05) is 25.6 Å². The maximum atomic E-state index is 13.0. The van der Waals surface area contributed by atoms with Gasteiger partial charge in [-0.15, -0.1) is 10.2 Å². The molecule has 1 atom stereocenters. The summed E-state index contributed by atoms with van der Waals surface area (Å²) in [5, 5.41) is 8.08. The Bertz CT molecular complexity index is 802. The monoisotopic (exact) mass is 364 g/mol. The fourth-order valence-corrected chi connectivity index (χ4v) is 5.05. The molecule has 1 saturated heterocycles. The van der Waals surface area contributed by atoms with Crippen LogP contribution in [0.5, 0.6) is 5.75 Å². The Labute approximate surface area is 148 Å². The van der Waals surface area contributed by atoms with Crippen molar-refractivity contribution in [1.82, 2.24) is 19.1 Å². The van der Waals surface area contributed by atoms with E-state index in [1.165, 1.54) is 0 Å². The maximum Gasteiger partial charge on any atom is 0.243 e. The minimum atomic E-state index is -3.48. The Morgan fingerprint density at radius 3 is 2.72 bits per heavy atom. The van der Waals surface area contributed by atoms with Crippen LogP contribution in [0.3, 0.4) is 0 Å². The Morgan fingerprint density at radius 2 is 2.04 bits per heavy atom. The zero-order valence-electron chi connectivity index (χ0n) is 14.6. The van der Waals surface area contributed by atoms with Crippen LogP contribution in [0.1, 0.15) is 32.0 Å². The number of nitrogens with zero attached hydrogens (tertiary/aromatic N) is 4. The van der Waals surface area contributed by atoms with E-state index in [9.17, 15) is 8.42 Å². The SMILES string of the molecule is CCn1cnnc1CCC1CCCN1S(=O)(=O)c1ccc(OC)cc1. The third-order valence-electron chi connectivity index (χ3n) is 4.73. The molecule has 25 heavy (non-hydrogen) atoms. The number of aryl methyl sites for hydroxylation is 2. The van der Waals surface area contributed by atoms with Crippen LogP contribution in [0.2, 0.25) is 0 Å². The summed E-state index contributed by atoms with van der Waals surface area (Å²) in [7, 11) is -1.92. The number of hydrogen-bond acceptors (Lipinski definition) is 5. The van der Waals surface area contributed by atoms with Crippen LogP contribution < -0.4 is 4.74 Å². The first-order valence-corrected chi connectivity index (χ1v) is 10.0. The lowest BCUT2D eigenvalue weighted by Gasteiger charge is -2.24. The second-order valence-electron chi connectivity index (χ2n) is 6.16. The molecule has 7 nitrogen and oxygen atoms in total. The van der Waals surface area contributed by atoms with E-state index in [4.69, 9.17) is 4.74 Å². The molecule has 3 rings (SSSR count). The maximum absolute atomic E-state index is 13.0. The van der Waals surface area contributed by atoms with Crippen molar-refractivity contribution in [1.29, 1.82) is 0 Å². The third kappa shape index (κ3) is 3.69. The van der Waals surface area contributed by atoms with Gasteiger partial charge in [0.25, 0.3) is 0 Å². The molecular weight excluding hydrogens is 340 g/mol. The molecule has 0 saturated carbocycles. The molecule has 1 aromatic heterocycles. The standard InChI is InChI=1S/C17H24N4O3S/c1-3-20-13-18-19-17(20)11-6-14-5-4-12-21(14)25(22,23)16-9-7-15(24-2)8-10-16/h7-10,13-14H,3-6,11-12H2,1-2H3. The lowest BCUT2D eigenvalue weighted by molar-refractivity contribution is 0.367. The molecule has 1 aromatic carbocycles. The fraction of sp³-hybridized carbons (Fsp3) is 0.529. The number of aromatic nitrogens is 3. The predicted molar refractivity (Wildman–Crippen MR) is 93.9 cm³/mol. The highest BCUT2D eigenvalue weighted by molar-refractivity contribution is 7.89. The topological polar surface area (TPSA) is 77.3 Å². The highest BCUT2D eigenvalue weighted by Crippen LogP contribution is 2.29. The van der Waals surface area contributed by atoms with E-state index in [2.05, 4.69) is 10.2 Å². The Balaban J connectivity index is 1.73. The van der Waals surface area contributed by atoms with E-state index in [0.29, 0.717) is 17.2 Å². The van der Waals surface area contributed by atoms with Crippen LogP contribution >= 0.6 is 0 Å². The van der Waals surface area contributed by atoms with Gasteiger partial charge in [0.1, 0.15) is 17.9 Å². The van der Waals surface area contributed by atoms with Gasteiger partial charge in [0.15, 0.2) is 0 Å². The van der Waals surface area contributed by atoms with E-state index in [-0.39, 0.29) is 6.04 Å². The lowest BCUT2D eigenvalue weighted by atomic mass is 10.1. The van der Waals surface area contributed by atoms with Gasteiger partial charge < -0.3 is 9.30 Å². The first-order valence-electron chi connectivity index (χ1n) is 8.59. The van der Waals surface area contributed by atoms with E-state index in [1.54, 1.807) is 42.0 Å². The van der Waals surface area contributed by atoms with Crippen molar-refractivity contribution < 1.29 is 13.2 Å². The highest BCUT2D eigenvalue weighted by atomic mass is 32.2. The smallest absolute Gasteiger partial charge is 0.243 e. The van der Waals surface area contributed by atoms with Gasteiger partial charge in [0.05, 0.1) is 12.0 Å². The van der Waals surface area contributed by atoms with Crippen molar-refractivity contribution in [2.24, 2.45) is 0 Å². The van der Waals surface area contributed by atoms with Crippen molar-refractivity contribution in [2.45, 2.75) is 50.1 Å². The summed E-state index contributed by atoms with van der Waals surface area (Å²) in [6.07, 6.45) is 4.98. The summed E-state index contributed by atoms with van der Waals surface area (Å²) in [6.45, 7) is 3.43. The number of hydrogen-bond donors (Lipinski definition) is 0. The average molecular weight is 364 g/mol. The molecule has 2 aromatic rings. The molecule has 2 heterocycles. The molecule has 1 aliphatic heterocycles. The van der Waals surface area contributed by atoms with E-state index >= 15 is 0 Å². The fourth-order valence-electron chi connectivity index (χ4n) is 3.33. The Kier molecular flexibility index (Phi) is 5.39. The average Bonchev–Trinajstić information content (AvgIpc) is 3.28. The number of rotatable bonds is 7. The molecule has 1 aliphatic rings. The first-order chi connectivity index (χ1) is 12.1. The molecule has 0 aliphatic carbocycles. The zero-order valence-corrected chi connectivity index (χ0v) is 15.4. The van der Waals surface area contributed by atoms with Gasteiger partial charge in [-0.2, -0.15) is 4.31 Å². The van der Waals surface area contributed by atoms with Crippen LogP contribution in [0.4, 0.5) is 0 Å². The second kappa shape index (κ2) is 7.53. The van der Waals surface area contributed by atoms with Crippen molar-refractivity contribution in [3.05, 3.63) is 36.4 Å². The molecule has 0 bridgehead atoms. The van der Waals surface area contributed by atoms with E-state index < -0.39 is 10.0 Å². The summed E-state index contributed by atoms with van der Waals surface area (Å²) in [4.78, 5) is 0.317. The van der Waals surface area contributed by atoms with Crippen LogP contribution in [-0.2, 0) is 23.0 Å². The van der Waals surface area contributed by atoms with E-state index in [0.717, 1.165) is 38.1 Å². The molecule has 0 spiro atoms. The van der Waals surface area contributed by atoms with Gasteiger partial charge in [-0.3, -0.25) is 0 Å². The van der Waals surface area contributed by atoms with Crippen molar-refractivity contribution in [3.8, 4) is 5.75 Å². The molecule has 0 N–H and O–H groups in total. The predicted octanol–water partition coefficient (Wildman–Crippen LogP) is 2.09. The van der Waals surface area contributed by atoms with Crippen LogP contribution in [-0.4, -0.2) is 47.2 Å². The molecule has 8 heteroatoms. The van der Waals surface area contributed by atoms with E-state index in [1.807, 2.05) is 11.5 Å². The summed E-state index contributed by atoms with van der Waals surface area (Å²) >= 11 is 0. The second-order valence-corrected chi connectivity index (χ2v) is 8.05. The van der Waals surface area contributed by atoms with Crippen molar-refractivity contribution >= 4 is 10.0 Å². The first kappa shape index (κ1) is 17.9.